The maximum Gasteiger partial charge on any atom is 0.573 e. The van der Waals surface area contributed by atoms with Crippen LogP contribution in [0.5, 0.6) is 11.5 Å². The summed E-state index contributed by atoms with van der Waals surface area (Å²) in [7, 11) is 1.49. The van der Waals surface area contributed by atoms with E-state index in [2.05, 4.69) is 4.74 Å². The van der Waals surface area contributed by atoms with Crippen molar-refractivity contribution < 1.29 is 37.3 Å². The normalized spacial score (nSPS) is 17.6. The number of methoxy groups -OCH3 is 1. The number of Topliss-reactive ketones (excluding diaryl/α,β-unsaturated/α-hetero) is 1. The van der Waals surface area contributed by atoms with E-state index in [-0.39, 0.29) is 17.0 Å². The molecule has 174 valence electrons. The summed E-state index contributed by atoms with van der Waals surface area (Å²) < 4.78 is 46.6. The van der Waals surface area contributed by atoms with Gasteiger partial charge in [0, 0.05) is 11.3 Å². The van der Waals surface area contributed by atoms with Crippen molar-refractivity contribution in [2.24, 2.45) is 0 Å². The third kappa shape index (κ3) is 4.45. The van der Waals surface area contributed by atoms with E-state index in [0.29, 0.717) is 16.9 Å². The summed E-state index contributed by atoms with van der Waals surface area (Å²) >= 11 is 0. The van der Waals surface area contributed by atoms with Gasteiger partial charge in [0.1, 0.15) is 17.3 Å². The number of anilines is 1. The lowest BCUT2D eigenvalue weighted by Crippen LogP contribution is -2.29. The molecule has 1 fully saturated rings. The number of aliphatic hydroxyl groups is 1. The molecule has 4 rings (SSSR count). The van der Waals surface area contributed by atoms with E-state index in [1.807, 2.05) is 0 Å². The first-order valence-corrected chi connectivity index (χ1v) is 10.1. The molecule has 0 spiro atoms. The molecular weight excluding hydrogens is 451 g/mol. The van der Waals surface area contributed by atoms with Gasteiger partial charge in [0.05, 0.1) is 18.7 Å². The van der Waals surface area contributed by atoms with E-state index < -0.39 is 29.8 Å². The van der Waals surface area contributed by atoms with Crippen molar-refractivity contribution in [3.05, 3.63) is 95.6 Å². The zero-order valence-electron chi connectivity index (χ0n) is 17.7. The molecule has 0 bridgehead atoms. The van der Waals surface area contributed by atoms with Gasteiger partial charge >= 0.3 is 6.36 Å². The van der Waals surface area contributed by atoms with Crippen LogP contribution in [0.1, 0.15) is 17.2 Å². The van der Waals surface area contributed by atoms with Gasteiger partial charge in [-0.3, -0.25) is 14.5 Å². The van der Waals surface area contributed by atoms with E-state index in [4.69, 9.17) is 4.74 Å². The fraction of sp³-hybridized carbons (Fsp3) is 0.120. The lowest BCUT2D eigenvalue weighted by atomic mass is 9.95. The molecule has 1 unspecified atom stereocenters. The summed E-state index contributed by atoms with van der Waals surface area (Å²) in [6.45, 7) is 0. The number of hydrogen-bond donors (Lipinski definition) is 1. The first-order valence-electron chi connectivity index (χ1n) is 10.1. The molecule has 1 saturated heterocycles. The second-order valence-corrected chi connectivity index (χ2v) is 7.35. The number of alkyl halides is 3. The van der Waals surface area contributed by atoms with E-state index in [1.165, 1.54) is 19.2 Å². The summed E-state index contributed by atoms with van der Waals surface area (Å²) in [4.78, 5) is 27.3. The largest absolute Gasteiger partial charge is 0.573 e. The summed E-state index contributed by atoms with van der Waals surface area (Å²) in [5.74, 6) is -2.14. The first-order chi connectivity index (χ1) is 16.2. The molecule has 9 heteroatoms. The molecule has 1 atom stereocenters. The van der Waals surface area contributed by atoms with Crippen molar-refractivity contribution in [3.8, 4) is 11.5 Å². The van der Waals surface area contributed by atoms with Gasteiger partial charge in [0.25, 0.3) is 11.7 Å². The highest BCUT2D eigenvalue weighted by Crippen LogP contribution is 2.43. The van der Waals surface area contributed by atoms with Crippen molar-refractivity contribution in [3.63, 3.8) is 0 Å². The lowest BCUT2D eigenvalue weighted by Gasteiger charge is -2.25. The van der Waals surface area contributed by atoms with Crippen molar-refractivity contribution in [1.29, 1.82) is 0 Å². The monoisotopic (exact) mass is 469 g/mol. The number of halogens is 3. The Bertz CT molecular complexity index is 1240. The maximum absolute atomic E-state index is 13.1. The number of ketones is 1. The van der Waals surface area contributed by atoms with E-state index >= 15 is 0 Å². The maximum atomic E-state index is 13.1. The van der Waals surface area contributed by atoms with Crippen molar-refractivity contribution in [2.75, 3.05) is 12.0 Å². The summed E-state index contributed by atoms with van der Waals surface area (Å²) in [6.07, 6.45) is -4.87. The predicted molar refractivity (Wildman–Crippen MR) is 117 cm³/mol. The zero-order chi connectivity index (χ0) is 24.5. The molecule has 0 aromatic heterocycles. The van der Waals surface area contributed by atoms with Crippen LogP contribution in [0.25, 0.3) is 5.76 Å². The van der Waals surface area contributed by atoms with Crippen LogP contribution in [-0.2, 0) is 9.59 Å². The fourth-order valence-corrected chi connectivity index (χ4v) is 3.76. The van der Waals surface area contributed by atoms with Gasteiger partial charge in [-0.15, -0.1) is 13.2 Å². The van der Waals surface area contributed by atoms with Crippen LogP contribution < -0.4 is 14.4 Å². The van der Waals surface area contributed by atoms with E-state index in [9.17, 15) is 27.9 Å². The van der Waals surface area contributed by atoms with E-state index in [0.717, 1.165) is 17.0 Å². The van der Waals surface area contributed by atoms with Crippen molar-refractivity contribution >= 4 is 23.1 Å². The Morgan fingerprint density at radius 1 is 0.882 bits per heavy atom. The Kier molecular flexibility index (Phi) is 6.02. The molecule has 3 aromatic rings. The molecular formula is C25H18F3NO5. The molecule has 1 heterocycles. The average Bonchev–Trinajstić information content (AvgIpc) is 3.09. The van der Waals surface area contributed by atoms with Crippen molar-refractivity contribution in [2.45, 2.75) is 12.4 Å². The highest BCUT2D eigenvalue weighted by atomic mass is 19.4. The zero-order valence-corrected chi connectivity index (χ0v) is 17.7. The average molecular weight is 469 g/mol. The van der Waals surface area contributed by atoms with Gasteiger partial charge in [-0.1, -0.05) is 42.5 Å². The Morgan fingerprint density at radius 2 is 1.47 bits per heavy atom. The minimum absolute atomic E-state index is 0.142. The molecule has 6 nitrogen and oxygen atoms in total. The number of carbonyl (C=O) groups is 2. The molecule has 0 saturated carbocycles. The van der Waals surface area contributed by atoms with Crippen LogP contribution in [0.4, 0.5) is 18.9 Å². The Hall–Kier alpha value is -4.27. The Balaban J connectivity index is 1.84. The van der Waals surface area contributed by atoms with Crippen LogP contribution in [0.2, 0.25) is 0 Å². The number of amides is 1. The number of nitrogens with zero attached hydrogens (tertiary/aromatic N) is 1. The van der Waals surface area contributed by atoms with Crippen LogP contribution in [0, 0.1) is 0 Å². The van der Waals surface area contributed by atoms with E-state index in [1.54, 1.807) is 54.6 Å². The number of carbonyl (C=O) groups excluding carboxylic acids is 2. The highest BCUT2D eigenvalue weighted by Gasteiger charge is 2.47. The van der Waals surface area contributed by atoms with Gasteiger partial charge in [-0.05, 0) is 42.0 Å². The highest BCUT2D eigenvalue weighted by molar-refractivity contribution is 6.51. The van der Waals surface area contributed by atoms with Gasteiger partial charge < -0.3 is 14.6 Å². The fourth-order valence-electron chi connectivity index (χ4n) is 3.76. The quantitative estimate of drug-likeness (QED) is 0.315. The third-order valence-corrected chi connectivity index (χ3v) is 5.27. The van der Waals surface area contributed by atoms with Gasteiger partial charge in [-0.25, -0.2) is 0 Å². The first kappa shape index (κ1) is 22.9. The SMILES string of the molecule is COc1ccc(C2/C(=C(\O)c3ccccc3)C(=O)C(=O)N2c2ccc(OC(F)(F)F)cc2)cc1. The minimum atomic E-state index is -4.87. The van der Waals surface area contributed by atoms with Crippen LogP contribution in [0.3, 0.4) is 0 Å². The Morgan fingerprint density at radius 3 is 2.03 bits per heavy atom. The molecule has 3 aromatic carbocycles. The number of benzene rings is 3. The van der Waals surface area contributed by atoms with Crippen molar-refractivity contribution in [1.82, 2.24) is 0 Å². The standard InChI is InChI=1S/C25H18F3NO5/c1-33-18-11-7-15(8-12-18)21-20(22(30)16-5-3-2-4-6-16)23(31)24(32)29(21)17-9-13-19(14-10-17)34-25(26,27)28/h2-14,21,30H,1H3/b22-20+. The number of rotatable bonds is 5. The number of aliphatic hydroxyl groups excluding tert-OH is 1. The number of hydrogen-bond acceptors (Lipinski definition) is 5. The second kappa shape index (κ2) is 8.93. The minimum Gasteiger partial charge on any atom is -0.507 e. The van der Waals surface area contributed by atoms with Gasteiger partial charge in [0.15, 0.2) is 0 Å². The number of ether oxygens (including phenoxy) is 2. The summed E-state index contributed by atoms with van der Waals surface area (Å²) in [5.41, 5.74) is 0.850. The molecule has 1 aliphatic rings. The predicted octanol–water partition coefficient (Wildman–Crippen LogP) is 5.22. The molecule has 1 N–H and O–H groups in total. The second-order valence-electron chi connectivity index (χ2n) is 7.35. The molecule has 34 heavy (non-hydrogen) atoms. The smallest absolute Gasteiger partial charge is 0.507 e. The summed E-state index contributed by atoms with van der Waals surface area (Å²) in [6, 6.07) is 18.4. The summed E-state index contributed by atoms with van der Waals surface area (Å²) in [5, 5.41) is 11.0. The van der Waals surface area contributed by atoms with Gasteiger partial charge in [-0.2, -0.15) is 0 Å². The topological polar surface area (TPSA) is 76.1 Å². The molecule has 1 aliphatic heterocycles. The molecule has 0 radical (unpaired) electrons. The Labute approximate surface area is 192 Å². The lowest BCUT2D eigenvalue weighted by molar-refractivity contribution is -0.274. The molecule has 1 amide bonds. The molecule has 0 aliphatic carbocycles. The third-order valence-electron chi connectivity index (χ3n) is 5.27. The van der Waals surface area contributed by atoms with Gasteiger partial charge in [0.2, 0.25) is 0 Å². The van der Waals surface area contributed by atoms with Crippen LogP contribution in [-0.4, -0.2) is 30.3 Å². The van der Waals surface area contributed by atoms with Crippen LogP contribution in [0.15, 0.2) is 84.4 Å². The van der Waals surface area contributed by atoms with Crippen LogP contribution >= 0.6 is 0 Å².